The van der Waals surface area contributed by atoms with Gasteiger partial charge in [0.1, 0.15) is 5.78 Å². The number of ketones is 1. The van der Waals surface area contributed by atoms with Gasteiger partial charge in [-0.25, -0.2) is 0 Å². The van der Waals surface area contributed by atoms with Gasteiger partial charge in [-0.3, -0.25) is 14.5 Å². The number of hydrogen-bond donors (Lipinski definition) is 0. The first-order chi connectivity index (χ1) is 9.63. The van der Waals surface area contributed by atoms with E-state index in [1.165, 1.54) is 38.5 Å². The van der Waals surface area contributed by atoms with Crippen LogP contribution in [0.1, 0.15) is 58.8 Å². The van der Waals surface area contributed by atoms with Crippen LogP contribution in [0.25, 0.3) is 0 Å². The molecule has 1 amide bonds. The minimum absolute atomic E-state index is 0.293. The molecule has 0 spiro atoms. The first-order valence-electron chi connectivity index (χ1n) is 8.13. The largest absolute Gasteiger partial charge is 0.343 e. The Morgan fingerprint density at radius 3 is 1.80 bits per heavy atom. The number of hydrogen-bond acceptors (Lipinski definition) is 3. The van der Waals surface area contributed by atoms with Gasteiger partial charge in [-0.15, -0.1) is 0 Å². The summed E-state index contributed by atoms with van der Waals surface area (Å²) in [5, 5.41) is 0. The highest BCUT2D eigenvalue weighted by Crippen LogP contribution is 2.09. The predicted octanol–water partition coefficient (Wildman–Crippen LogP) is 2.47. The van der Waals surface area contributed by atoms with Crippen LogP contribution < -0.4 is 0 Å². The molecule has 2 aliphatic heterocycles. The average Bonchev–Trinajstić information content (AvgIpc) is 2.48. The second-order valence-electron chi connectivity index (χ2n) is 5.83. The van der Waals surface area contributed by atoms with E-state index in [9.17, 15) is 9.59 Å². The third kappa shape index (κ3) is 7.04. The van der Waals surface area contributed by atoms with Crippen molar-refractivity contribution in [3.05, 3.63) is 0 Å². The SMILES string of the molecule is CC(=O)CN1CCCCC1.CCC(=O)N1CCCCC1. The average molecular weight is 282 g/mol. The minimum atomic E-state index is 0.293. The summed E-state index contributed by atoms with van der Waals surface area (Å²) >= 11 is 0. The van der Waals surface area contributed by atoms with Gasteiger partial charge in [0.05, 0.1) is 6.54 Å². The molecule has 0 radical (unpaired) electrons. The summed E-state index contributed by atoms with van der Waals surface area (Å²) in [7, 11) is 0. The van der Waals surface area contributed by atoms with Gasteiger partial charge in [-0.05, 0) is 52.1 Å². The molecular formula is C16H30N2O2. The molecule has 116 valence electrons. The van der Waals surface area contributed by atoms with E-state index in [1.54, 1.807) is 6.92 Å². The van der Waals surface area contributed by atoms with Crippen LogP contribution in [-0.4, -0.2) is 54.2 Å². The Bertz CT molecular complexity index is 293. The van der Waals surface area contributed by atoms with Crippen LogP contribution in [0, 0.1) is 0 Å². The van der Waals surface area contributed by atoms with E-state index in [4.69, 9.17) is 0 Å². The zero-order chi connectivity index (χ0) is 14.8. The molecule has 0 aliphatic carbocycles. The van der Waals surface area contributed by atoms with E-state index < -0.39 is 0 Å². The molecule has 0 atom stereocenters. The van der Waals surface area contributed by atoms with Gasteiger partial charge in [-0.1, -0.05) is 13.3 Å². The molecule has 4 heteroatoms. The van der Waals surface area contributed by atoms with Crippen molar-refractivity contribution in [1.29, 1.82) is 0 Å². The number of carbonyl (C=O) groups excluding carboxylic acids is 2. The van der Waals surface area contributed by atoms with E-state index in [1.807, 2.05) is 11.8 Å². The summed E-state index contributed by atoms with van der Waals surface area (Å²) < 4.78 is 0. The van der Waals surface area contributed by atoms with Gasteiger partial charge < -0.3 is 4.90 Å². The topological polar surface area (TPSA) is 40.6 Å². The maximum atomic E-state index is 11.1. The van der Waals surface area contributed by atoms with Crippen LogP contribution in [0.2, 0.25) is 0 Å². The first-order valence-corrected chi connectivity index (χ1v) is 8.13. The highest BCUT2D eigenvalue weighted by atomic mass is 16.2. The standard InChI is InChI=1S/2C8H15NO/c1-8(10)7-9-5-3-2-4-6-9;1-2-8(10)9-6-4-3-5-7-9/h2*2-7H2,1H3. The molecule has 0 saturated carbocycles. The first kappa shape index (κ1) is 17.2. The lowest BCUT2D eigenvalue weighted by atomic mass is 10.1. The number of rotatable bonds is 3. The van der Waals surface area contributed by atoms with Crippen molar-refractivity contribution in [3.8, 4) is 0 Å². The van der Waals surface area contributed by atoms with Gasteiger partial charge >= 0.3 is 0 Å². The lowest BCUT2D eigenvalue weighted by molar-refractivity contribution is -0.131. The third-order valence-corrected chi connectivity index (χ3v) is 3.91. The molecule has 0 bridgehead atoms. The van der Waals surface area contributed by atoms with Crippen LogP contribution in [0.4, 0.5) is 0 Å². The molecular weight excluding hydrogens is 252 g/mol. The number of amides is 1. The van der Waals surface area contributed by atoms with Crippen molar-refractivity contribution >= 4 is 11.7 Å². The van der Waals surface area contributed by atoms with Gasteiger partial charge in [-0.2, -0.15) is 0 Å². The van der Waals surface area contributed by atoms with Crippen molar-refractivity contribution in [3.63, 3.8) is 0 Å². The summed E-state index contributed by atoms with van der Waals surface area (Å²) in [6, 6.07) is 0. The Kier molecular flexibility index (Phi) is 8.51. The monoisotopic (exact) mass is 282 g/mol. The van der Waals surface area contributed by atoms with Crippen LogP contribution in [0.15, 0.2) is 0 Å². The van der Waals surface area contributed by atoms with Crippen LogP contribution in [-0.2, 0) is 9.59 Å². The van der Waals surface area contributed by atoms with E-state index in [-0.39, 0.29) is 0 Å². The number of Topliss-reactive ketones (excluding diaryl/α,β-unsaturated/α-hetero) is 1. The minimum Gasteiger partial charge on any atom is -0.343 e. The van der Waals surface area contributed by atoms with Crippen molar-refractivity contribution < 1.29 is 9.59 Å². The van der Waals surface area contributed by atoms with E-state index in [0.717, 1.165) is 26.2 Å². The second kappa shape index (κ2) is 9.92. The van der Waals surface area contributed by atoms with Gasteiger partial charge in [0, 0.05) is 19.5 Å². The number of carbonyl (C=O) groups is 2. The van der Waals surface area contributed by atoms with Crippen LogP contribution in [0.3, 0.4) is 0 Å². The second-order valence-corrected chi connectivity index (χ2v) is 5.83. The summed E-state index contributed by atoms with van der Waals surface area (Å²) in [5.74, 6) is 0.613. The predicted molar refractivity (Wildman–Crippen MR) is 81.7 cm³/mol. The normalized spacial score (nSPS) is 20.0. The van der Waals surface area contributed by atoms with Gasteiger partial charge in [0.25, 0.3) is 0 Å². The van der Waals surface area contributed by atoms with Crippen molar-refractivity contribution in [2.24, 2.45) is 0 Å². The third-order valence-electron chi connectivity index (χ3n) is 3.91. The number of nitrogens with zero attached hydrogens (tertiary/aromatic N) is 2. The maximum Gasteiger partial charge on any atom is 0.222 e. The molecule has 20 heavy (non-hydrogen) atoms. The van der Waals surface area contributed by atoms with E-state index >= 15 is 0 Å². The molecule has 2 heterocycles. The quantitative estimate of drug-likeness (QED) is 0.798. The molecule has 4 nitrogen and oxygen atoms in total. The molecule has 0 unspecified atom stereocenters. The summed E-state index contributed by atoms with van der Waals surface area (Å²) in [6.07, 6.45) is 8.25. The molecule has 0 aromatic rings. The highest BCUT2D eigenvalue weighted by molar-refractivity contribution is 5.77. The maximum absolute atomic E-state index is 11.1. The smallest absolute Gasteiger partial charge is 0.222 e. The Hall–Kier alpha value is -0.900. The van der Waals surface area contributed by atoms with Crippen LogP contribution in [0.5, 0.6) is 0 Å². The van der Waals surface area contributed by atoms with Crippen molar-refractivity contribution in [2.75, 3.05) is 32.7 Å². The highest BCUT2D eigenvalue weighted by Gasteiger charge is 2.13. The molecule has 2 saturated heterocycles. The summed E-state index contributed by atoms with van der Waals surface area (Å²) in [5.41, 5.74) is 0. The number of piperidine rings is 2. The molecule has 0 aromatic carbocycles. The zero-order valence-corrected chi connectivity index (χ0v) is 13.2. The lowest BCUT2D eigenvalue weighted by Gasteiger charge is -2.26. The summed E-state index contributed by atoms with van der Waals surface area (Å²) in [4.78, 5) is 26.0. The zero-order valence-electron chi connectivity index (χ0n) is 13.2. The fourth-order valence-corrected chi connectivity index (χ4v) is 2.80. The van der Waals surface area contributed by atoms with Crippen molar-refractivity contribution in [2.45, 2.75) is 58.8 Å². The van der Waals surface area contributed by atoms with Crippen molar-refractivity contribution in [1.82, 2.24) is 9.80 Å². The van der Waals surface area contributed by atoms with E-state index in [2.05, 4.69) is 4.90 Å². The summed E-state index contributed by atoms with van der Waals surface area (Å²) in [6.45, 7) is 8.49. The van der Waals surface area contributed by atoms with Gasteiger partial charge in [0.15, 0.2) is 0 Å². The lowest BCUT2D eigenvalue weighted by Crippen LogP contribution is -2.34. The fraction of sp³-hybridized carbons (Fsp3) is 0.875. The Balaban J connectivity index is 0.000000200. The molecule has 2 aliphatic rings. The van der Waals surface area contributed by atoms with E-state index in [0.29, 0.717) is 24.7 Å². The number of likely N-dealkylation sites (tertiary alicyclic amines) is 2. The molecule has 2 fully saturated rings. The Morgan fingerprint density at radius 1 is 0.850 bits per heavy atom. The van der Waals surface area contributed by atoms with Crippen LogP contribution >= 0.6 is 0 Å². The molecule has 2 rings (SSSR count). The Labute approximate surface area is 123 Å². The molecule has 0 aromatic heterocycles. The Morgan fingerprint density at radius 2 is 1.35 bits per heavy atom. The van der Waals surface area contributed by atoms with Gasteiger partial charge in [0.2, 0.25) is 5.91 Å². The fourth-order valence-electron chi connectivity index (χ4n) is 2.80. The molecule has 0 N–H and O–H groups in total.